The molecule has 0 atom stereocenters. The summed E-state index contributed by atoms with van der Waals surface area (Å²) in [5, 5.41) is 23.4. The highest BCUT2D eigenvalue weighted by Crippen LogP contribution is 2.30. The summed E-state index contributed by atoms with van der Waals surface area (Å²) in [6.07, 6.45) is 1.60. The number of aromatic nitrogens is 1. The van der Waals surface area contributed by atoms with E-state index in [2.05, 4.69) is 10.3 Å². The molecule has 0 bridgehead atoms. The van der Waals surface area contributed by atoms with E-state index in [1.165, 1.54) is 0 Å². The lowest BCUT2D eigenvalue weighted by atomic mass is 10.2. The van der Waals surface area contributed by atoms with Crippen LogP contribution in [0.15, 0.2) is 24.4 Å². The second-order valence-corrected chi connectivity index (χ2v) is 5.70. The van der Waals surface area contributed by atoms with Gasteiger partial charge in [-0.15, -0.1) is 0 Å². The van der Waals surface area contributed by atoms with Gasteiger partial charge >= 0.3 is 0 Å². The zero-order chi connectivity index (χ0) is 15.9. The largest absolute Gasteiger partial charge is 0.395 e. The maximum absolute atomic E-state index is 9.01. The summed E-state index contributed by atoms with van der Waals surface area (Å²) in [6.45, 7) is 2.52. The van der Waals surface area contributed by atoms with Gasteiger partial charge in [-0.1, -0.05) is 23.2 Å². The number of hydrogen-bond donors (Lipinski definition) is 3. The van der Waals surface area contributed by atoms with Gasteiger partial charge in [0.25, 0.3) is 0 Å². The smallest absolute Gasteiger partial charge is 0.0827 e. The molecule has 2 aromatic rings. The number of nitrogens with zero attached hydrogens (tertiary/aromatic N) is 2. The minimum absolute atomic E-state index is 0.0669. The van der Waals surface area contributed by atoms with Crippen LogP contribution in [0.1, 0.15) is 0 Å². The van der Waals surface area contributed by atoms with Crippen molar-refractivity contribution in [3.8, 4) is 0 Å². The molecule has 0 unspecified atom stereocenters. The summed E-state index contributed by atoms with van der Waals surface area (Å²) in [6, 6.07) is 5.48. The minimum atomic E-state index is 0.0669. The highest BCUT2D eigenvalue weighted by molar-refractivity contribution is 6.35. The number of pyridine rings is 1. The van der Waals surface area contributed by atoms with E-state index in [1.807, 2.05) is 11.0 Å². The Bertz CT molecular complexity index is 619. The summed E-state index contributed by atoms with van der Waals surface area (Å²) in [5.41, 5.74) is 1.60. The zero-order valence-corrected chi connectivity index (χ0v) is 13.6. The van der Waals surface area contributed by atoms with E-state index in [4.69, 9.17) is 33.4 Å². The molecule has 0 saturated carbocycles. The lowest BCUT2D eigenvalue weighted by molar-refractivity contribution is 0.165. The summed E-state index contributed by atoms with van der Waals surface area (Å²) in [7, 11) is 0. The Morgan fingerprint density at radius 1 is 1.09 bits per heavy atom. The summed E-state index contributed by atoms with van der Waals surface area (Å²) in [4.78, 5) is 6.24. The van der Waals surface area contributed by atoms with E-state index in [0.717, 1.165) is 16.6 Å². The second-order valence-electron chi connectivity index (χ2n) is 4.86. The number of hydrogen-bond acceptors (Lipinski definition) is 5. The molecule has 1 aromatic heterocycles. The van der Waals surface area contributed by atoms with E-state index in [9.17, 15) is 0 Å². The average Bonchev–Trinajstić information content (AvgIpc) is 2.50. The van der Waals surface area contributed by atoms with Gasteiger partial charge in [0.1, 0.15) is 0 Å². The first-order chi connectivity index (χ1) is 10.7. The molecule has 1 aromatic carbocycles. The fourth-order valence-electron chi connectivity index (χ4n) is 2.28. The lowest BCUT2D eigenvalue weighted by Gasteiger charge is -2.21. The van der Waals surface area contributed by atoms with E-state index < -0.39 is 0 Å². The SMILES string of the molecule is OCCN(CCO)CCNc1c(Cl)cnc2cc(Cl)ccc12. The van der Waals surface area contributed by atoms with Crippen molar-refractivity contribution >= 4 is 39.8 Å². The molecular formula is C15H19Cl2N3O2. The van der Waals surface area contributed by atoms with Crippen molar-refractivity contribution in [2.24, 2.45) is 0 Å². The molecule has 0 radical (unpaired) electrons. The Kier molecular flexibility index (Phi) is 6.67. The third-order valence-electron chi connectivity index (χ3n) is 3.35. The van der Waals surface area contributed by atoms with Gasteiger partial charge in [-0.3, -0.25) is 9.88 Å². The molecule has 0 saturated heterocycles. The number of nitrogens with one attached hydrogen (secondary N) is 1. The number of aliphatic hydroxyl groups is 2. The first-order valence-corrected chi connectivity index (χ1v) is 7.83. The first-order valence-electron chi connectivity index (χ1n) is 7.07. The Balaban J connectivity index is 2.09. The molecule has 120 valence electrons. The van der Waals surface area contributed by atoms with Crippen LogP contribution in [-0.2, 0) is 0 Å². The summed E-state index contributed by atoms with van der Waals surface area (Å²) < 4.78 is 0. The van der Waals surface area contributed by atoms with Gasteiger partial charge in [-0.2, -0.15) is 0 Å². The number of anilines is 1. The van der Waals surface area contributed by atoms with Crippen LogP contribution < -0.4 is 5.32 Å². The molecule has 22 heavy (non-hydrogen) atoms. The van der Waals surface area contributed by atoms with Gasteiger partial charge in [-0.05, 0) is 18.2 Å². The fourth-order valence-corrected chi connectivity index (χ4v) is 2.66. The molecule has 0 aliphatic carbocycles. The van der Waals surface area contributed by atoms with Crippen LogP contribution in [0.4, 0.5) is 5.69 Å². The van der Waals surface area contributed by atoms with Crippen LogP contribution in [0.2, 0.25) is 10.0 Å². The Morgan fingerprint density at radius 2 is 1.82 bits per heavy atom. The van der Waals surface area contributed by atoms with Crippen molar-refractivity contribution in [3.63, 3.8) is 0 Å². The Hall–Kier alpha value is -1.11. The molecule has 0 amide bonds. The standard InChI is InChI=1S/C15H19Cl2N3O2/c16-11-1-2-12-14(9-11)19-10-13(17)15(12)18-3-4-20(5-7-21)6-8-22/h1-2,9-10,21-22H,3-8H2,(H,18,19). The molecule has 0 aliphatic rings. The van der Waals surface area contributed by atoms with Crippen LogP contribution >= 0.6 is 23.2 Å². The van der Waals surface area contributed by atoms with E-state index in [1.54, 1.807) is 18.3 Å². The minimum Gasteiger partial charge on any atom is -0.395 e. The molecular weight excluding hydrogens is 325 g/mol. The third kappa shape index (κ3) is 4.44. The van der Waals surface area contributed by atoms with E-state index in [-0.39, 0.29) is 13.2 Å². The predicted octanol–water partition coefficient (Wildman–Crippen LogP) is 2.24. The van der Waals surface area contributed by atoms with Crippen molar-refractivity contribution in [3.05, 3.63) is 34.4 Å². The zero-order valence-electron chi connectivity index (χ0n) is 12.1. The number of benzene rings is 1. The number of aliphatic hydroxyl groups excluding tert-OH is 2. The molecule has 3 N–H and O–H groups in total. The van der Waals surface area contributed by atoms with E-state index in [0.29, 0.717) is 36.2 Å². The van der Waals surface area contributed by atoms with Crippen molar-refractivity contribution in [2.75, 3.05) is 44.7 Å². The molecule has 0 spiro atoms. The van der Waals surface area contributed by atoms with Gasteiger partial charge in [-0.25, -0.2) is 0 Å². The highest BCUT2D eigenvalue weighted by atomic mass is 35.5. The molecule has 1 heterocycles. The van der Waals surface area contributed by atoms with E-state index >= 15 is 0 Å². The van der Waals surface area contributed by atoms with Gasteiger partial charge in [0.15, 0.2) is 0 Å². The first kappa shape index (κ1) is 17.2. The third-order valence-corrected chi connectivity index (χ3v) is 3.87. The maximum atomic E-state index is 9.01. The van der Waals surface area contributed by atoms with Gasteiger partial charge in [0.2, 0.25) is 0 Å². The normalized spacial score (nSPS) is 11.3. The monoisotopic (exact) mass is 343 g/mol. The van der Waals surface area contributed by atoms with Gasteiger partial charge in [0.05, 0.1) is 29.4 Å². The van der Waals surface area contributed by atoms with Crippen LogP contribution in [-0.4, -0.2) is 59.5 Å². The maximum Gasteiger partial charge on any atom is 0.0827 e. The predicted molar refractivity (Wildman–Crippen MR) is 90.9 cm³/mol. The van der Waals surface area contributed by atoms with Gasteiger partial charge in [0, 0.05) is 42.8 Å². The van der Waals surface area contributed by atoms with Crippen LogP contribution in [0.25, 0.3) is 10.9 Å². The Morgan fingerprint density at radius 3 is 2.50 bits per heavy atom. The summed E-state index contributed by atoms with van der Waals surface area (Å²) >= 11 is 12.2. The van der Waals surface area contributed by atoms with Crippen molar-refractivity contribution in [1.29, 1.82) is 0 Å². The van der Waals surface area contributed by atoms with Crippen LogP contribution in [0, 0.1) is 0 Å². The molecule has 5 nitrogen and oxygen atoms in total. The average molecular weight is 344 g/mol. The second kappa shape index (κ2) is 8.50. The van der Waals surface area contributed by atoms with Crippen LogP contribution in [0.5, 0.6) is 0 Å². The lowest BCUT2D eigenvalue weighted by Crippen LogP contribution is -2.34. The fraction of sp³-hybridized carbons (Fsp3) is 0.400. The molecule has 2 rings (SSSR count). The molecule has 0 fully saturated rings. The van der Waals surface area contributed by atoms with Crippen molar-refractivity contribution < 1.29 is 10.2 Å². The topological polar surface area (TPSA) is 68.6 Å². The number of halogens is 2. The summed E-state index contributed by atoms with van der Waals surface area (Å²) in [5.74, 6) is 0. The molecule has 7 heteroatoms. The van der Waals surface area contributed by atoms with Crippen molar-refractivity contribution in [1.82, 2.24) is 9.88 Å². The Labute approximate surface area is 139 Å². The molecule has 0 aliphatic heterocycles. The van der Waals surface area contributed by atoms with Gasteiger partial charge < -0.3 is 15.5 Å². The van der Waals surface area contributed by atoms with Crippen molar-refractivity contribution in [2.45, 2.75) is 0 Å². The number of fused-ring (bicyclic) bond motifs is 1. The number of rotatable bonds is 8. The quantitative estimate of drug-likeness (QED) is 0.685. The van der Waals surface area contributed by atoms with Crippen LogP contribution in [0.3, 0.4) is 0 Å². The highest BCUT2D eigenvalue weighted by Gasteiger charge is 2.09.